The molecule has 1 amide bonds. The second-order valence-corrected chi connectivity index (χ2v) is 5.73. The van der Waals surface area contributed by atoms with Crippen molar-refractivity contribution in [2.24, 2.45) is 0 Å². The number of β-lactam (4-membered cyclic amide) rings is 1. The third-order valence-corrected chi connectivity index (χ3v) is 4.33. The number of amides is 1. The maximum atomic E-state index is 12.8. The van der Waals surface area contributed by atoms with Crippen LogP contribution in [0.2, 0.25) is 0 Å². The molecule has 120 valence electrons. The molecule has 2 atom stereocenters. The van der Waals surface area contributed by atoms with Gasteiger partial charge >= 0.3 is 0 Å². The van der Waals surface area contributed by atoms with E-state index in [-0.39, 0.29) is 11.9 Å². The number of anilines is 1. The van der Waals surface area contributed by atoms with Gasteiger partial charge in [0.1, 0.15) is 5.75 Å². The monoisotopic (exact) mass is 311 g/mol. The second-order valence-electron chi connectivity index (χ2n) is 5.73. The average Bonchev–Trinajstić information content (AvgIpc) is 2.60. The van der Waals surface area contributed by atoms with E-state index in [1.165, 1.54) is 0 Å². The minimum absolute atomic E-state index is 0.0154. The summed E-state index contributed by atoms with van der Waals surface area (Å²) >= 11 is 0. The standard InChI is InChI=1S/C19H21NO3/c1-4-23-19(2)17(14-8-6-5-7-9-14)20(18(19)21)15-10-12-16(22-3)13-11-15/h5-13,17H,4H2,1-3H3/t17-,19+/m0/s1. The Kier molecular flexibility index (Phi) is 4.09. The molecule has 0 aromatic heterocycles. The van der Waals surface area contributed by atoms with Crippen LogP contribution >= 0.6 is 0 Å². The zero-order valence-electron chi connectivity index (χ0n) is 13.7. The third-order valence-electron chi connectivity index (χ3n) is 4.33. The van der Waals surface area contributed by atoms with Crippen LogP contribution in [0, 0.1) is 0 Å². The van der Waals surface area contributed by atoms with E-state index < -0.39 is 5.60 Å². The summed E-state index contributed by atoms with van der Waals surface area (Å²) in [5.74, 6) is 0.754. The van der Waals surface area contributed by atoms with Crippen LogP contribution in [0.1, 0.15) is 25.5 Å². The first kappa shape index (κ1) is 15.6. The van der Waals surface area contributed by atoms with E-state index in [1.807, 2.05) is 68.4 Å². The predicted octanol–water partition coefficient (Wildman–Crippen LogP) is 3.58. The summed E-state index contributed by atoms with van der Waals surface area (Å²) in [6, 6.07) is 17.4. The topological polar surface area (TPSA) is 38.8 Å². The van der Waals surface area contributed by atoms with Crippen LogP contribution in [-0.4, -0.2) is 25.2 Å². The first-order valence-electron chi connectivity index (χ1n) is 7.78. The van der Waals surface area contributed by atoms with Crippen molar-refractivity contribution in [1.29, 1.82) is 0 Å². The maximum absolute atomic E-state index is 12.8. The molecule has 1 heterocycles. The van der Waals surface area contributed by atoms with Crippen molar-refractivity contribution >= 4 is 11.6 Å². The van der Waals surface area contributed by atoms with Crippen molar-refractivity contribution in [3.05, 3.63) is 60.2 Å². The number of carbonyl (C=O) groups excluding carboxylic acids is 1. The lowest BCUT2D eigenvalue weighted by atomic mass is 9.78. The Balaban J connectivity index is 1.99. The van der Waals surface area contributed by atoms with Crippen LogP contribution in [-0.2, 0) is 9.53 Å². The minimum Gasteiger partial charge on any atom is -0.497 e. The molecule has 4 nitrogen and oxygen atoms in total. The van der Waals surface area contributed by atoms with Crippen molar-refractivity contribution in [2.75, 3.05) is 18.6 Å². The first-order chi connectivity index (χ1) is 11.1. The maximum Gasteiger partial charge on any atom is 0.262 e. The highest BCUT2D eigenvalue weighted by Crippen LogP contribution is 2.48. The van der Waals surface area contributed by atoms with E-state index in [0.717, 1.165) is 17.0 Å². The van der Waals surface area contributed by atoms with Gasteiger partial charge in [0.05, 0.1) is 13.2 Å². The average molecular weight is 311 g/mol. The quantitative estimate of drug-likeness (QED) is 0.792. The predicted molar refractivity (Wildman–Crippen MR) is 89.7 cm³/mol. The van der Waals surface area contributed by atoms with Gasteiger partial charge in [-0.1, -0.05) is 30.3 Å². The van der Waals surface area contributed by atoms with E-state index in [0.29, 0.717) is 6.61 Å². The molecule has 0 unspecified atom stereocenters. The zero-order chi connectivity index (χ0) is 16.4. The summed E-state index contributed by atoms with van der Waals surface area (Å²) < 4.78 is 11.0. The molecule has 0 aliphatic carbocycles. The number of benzene rings is 2. The minimum atomic E-state index is -0.823. The highest BCUT2D eigenvalue weighted by molar-refractivity contribution is 6.08. The summed E-state index contributed by atoms with van der Waals surface area (Å²) in [5.41, 5.74) is 1.09. The Bertz CT molecular complexity index is 684. The SMILES string of the molecule is CCO[C@@]1(C)C(=O)N(c2ccc(OC)cc2)[C@H]1c1ccccc1. The second kappa shape index (κ2) is 6.05. The zero-order valence-corrected chi connectivity index (χ0v) is 13.7. The van der Waals surface area contributed by atoms with E-state index in [2.05, 4.69) is 0 Å². The Morgan fingerprint density at radius 1 is 1.09 bits per heavy atom. The lowest BCUT2D eigenvalue weighted by Gasteiger charge is -2.53. The van der Waals surface area contributed by atoms with Crippen molar-refractivity contribution < 1.29 is 14.3 Å². The molecule has 0 bridgehead atoms. The normalized spacial score (nSPS) is 23.5. The van der Waals surface area contributed by atoms with Gasteiger partial charge in [-0.15, -0.1) is 0 Å². The molecule has 1 aliphatic heterocycles. The summed E-state index contributed by atoms with van der Waals surface area (Å²) in [4.78, 5) is 14.6. The summed E-state index contributed by atoms with van der Waals surface area (Å²) in [6.45, 7) is 4.29. The van der Waals surface area contributed by atoms with E-state index >= 15 is 0 Å². The summed E-state index contributed by atoms with van der Waals surface area (Å²) in [6.07, 6.45) is 0. The molecule has 23 heavy (non-hydrogen) atoms. The fraction of sp³-hybridized carbons (Fsp3) is 0.316. The van der Waals surface area contributed by atoms with Gasteiger partial charge in [0.25, 0.3) is 5.91 Å². The Hall–Kier alpha value is -2.33. The molecule has 0 spiro atoms. The number of hydrogen-bond donors (Lipinski definition) is 0. The number of methoxy groups -OCH3 is 1. The van der Waals surface area contributed by atoms with Gasteiger partial charge in [0.15, 0.2) is 5.60 Å². The van der Waals surface area contributed by atoms with Crippen LogP contribution < -0.4 is 9.64 Å². The number of rotatable bonds is 5. The molecule has 0 N–H and O–H groups in total. The molecule has 1 aliphatic rings. The highest BCUT2D eigenvalue weighted by Gasteiger charge is 2.59. The van der Waals surface area contributed by atoms with Crippen molar-refractivity contribution in [3.63, 3.8) is 0 Å². The molecule has 2 aromatic carbocycles. The van der Waals surface area contributed by atoms with Crippen molar-refractivity contribution in [2.45, 2.75) is 25.5 Å². The van der Waals surface area contributed by atoms with Gasteiger partial charge in [0, 0.05) is 12.3 Å². The van der Waals surface area contributed by atoms with Crippen LogP contribution in [0.4, 0.5) is 5.69 Å². The third kappa shape index (κ3) is 2.49. The number of carbonyl (C=O) groups is 1. The van der Waals surface area contributed by atoms with Crippen LogP contribution in [0.5, 0.6) is 5.75 Å². The molecule has 0 saturated carbocycles. The van der Waals surface area contributed by atoms with Gasteiger partial charge in [-0.25, -0.2) is 0 Å². The molecule has 1 fully saturated rings. The van der Waals surface area contributed by atoms with Crippen molar-refractivity contribution in [3.8, 4) is 5.75 Å². The number of hydrogen-bond acceptors (Lipinski definition) is 3. The Morgan fingerprint density at radius 2 is 1.74 bits per heavy atom. The van der Waals surface area contributed by atoms with Gasteiger partial charge in [-0.2, -0.15) is 0 Å². The largest absolute Gasteiger partial charge is 0.497 e. The number of ether oxygens (including phenoxy) is 2. The smallest absolute Gasteiger partial charge is 0.262 e. The highest BCUT2D eigenvalue weighted by atomic mass is 16.5. The molecule has 1 saturated heterocycles. The van der Waals surface area contributed by atoms with Gasteiger partial charge in [0.2, 0.25) is 0 Å². The van der Waals surface area contributed by atoms with Gasteiger partial charge in [-0.05, 0) is 43.7 Å². The molecule has 0 radical (unpaired) electrons. The lowest BCUT2D eigenvalue weighted by Crippen LogP contribution is -2.68. The van der Waals surface area contributed by atoms with E-state index in [1.54, 1.807) is 12.0 Å². The molecular formula is C19H21NO3. The van der Waals surface area contributed by atoms with Crippen LogP contribution in [0.15, 0.2) is 54.6 Å². The molecule has 3 rings (SSSR count). The van der Waals surface area contributed by atoms with E-state index in [9.17, 15) is 4.79 Å². The first-order valence-corrected chi connectivity index (χ1v) is 7.78. The van der Waals surface area contributed by atoms with Gasteiger partial charge < -0.3 is 9.47 Å². The van der Waals surface area contributed by atoms with Crippen LogP contribution in [0.25, 0.3) is 0 Å². The summed E-state index contributed by atoms with van der Waals surface area (Å²) in [5, 5.41) is 0. The Labute approximate surface area is 136 Å². The molecule has 2 aromatic rings. The van der Waals surface area contributed by atoms with Crippen LogP contribution in [0.3, 0.4) is 0 Å². The summed E-state index contributed by atoms with van der Waals surface area (Å²) in [7, 11) is 1.63. The lowest BCUT2D eigenvalue weighted by molar-refractivity contribution is -0.160. The van der Waals surface area contributed by atoms with Crippen molar-refractivity contribution in [1.82, 2.24) is 0 Å². The van der Waals surface area contributed by atoms with Gasteiger partial charge in [-0.3, -0.25) is 9.69 Å². The molecule has 4 heteroatoms. The number of nitrogens with zero attached hydrogens (tertiary/aromatic N) is 1. The fourth-order valence-corrected chi connectivity index (χ4v) is 3.21. The van der Waals surface area contributed by atoms with E-state index in [4.69, 9.17) is 9.47 Å². The fourth-order valence-electron chi connectivity index (χ4n) is 3.21. The Morgan fingerprint density at radius 3 is 2.30 bits per heavy atom. The molecular weight excluding hydrogens is 290 g/mol.